The largest absolute Gasteiger partial charge is 0.330 e. The highest BCUT2D eigenvalue weighted by atomic mass is 19.3. The maximum absolute atomic E-state index is 13.3. The molecule has 0 aliphatic carbocycles. The third-order valence-corrected chi connectivity index (χ3v) is 1.84. The monoisotopic (exact) mass is 189 g/mol. The molecule has 0 aliphatic rings. The van der Waals surface area contributed by atoms with E-state index in [4.69, 9.17) is 5.73 Å². The van der Waals surface area contributed by atoms with Gasteiger partial charge in [0.25, 0.3) is 0 Å². The van der Waals surface area contributed by atoms with Gasteiger partial charge in [-0.15, -0.1) is 0 Å². The Kier molecular flexibility index (Phi) is 2.98. The van der Waals surface area contributed by atoms with Gasteiger partial charge in [-0.1, -0.05) is 0 Å². The summed E-state index contributed by atoms with van der Waals surface area (Å²) < 4.78 is 28.0. The van der Waals surface area contributed by atoms with Crippen molar-refractivity contribution in [2.45, 2.75) is 25.8 Å². The Labute approximate surface area is 75.6 Å². The van der Waals surface area contributed by atoms with Gasteiger partial charge in [-0.3, -0.25) is 0 Å². The molecule has 74 valence electrons. The van der Waals surface area contributed by atoms with E-state index in [9.17, 15) is 8.78 Å². The Hall–Kier alpha value is -0.970. The molecule has 0 radical (unpaired) electrons. The van der Waals surface area contributed by atoms with Gasteiger partial charge in [-0.2, -0.15) is 8.78 Å². The molecule has 1 heterocycles. The van der Waals surface area contributed by atoms with Gasteiger partial charge < -0.3 is 10.3 Å². The van der Waals surface area contributed by atoms with Gasteiger partial charge in [0.1, 0.15) is 0 Å². The van der Waals surface area contributed by atoms with E-state index in [0.29, 0.717) is 6.54 Å². The fraction of sp³-hybridized carbons (Fsp3) is 0.625. The average molecular weight is 189 g/mol. The maximum atomic E-state index is 13.3. The molecule has 1 aromatic heterocycles. The van der Waals surface area contributed by atoms with Crippen LogP contribution in [0.5, 0.6) is 0 Å². The first-order valence-electron chi connectivity index (χ1n) is 4.21. The Morgan fingerprint density at radius 1 is 1.62 bits per heavy atom. The van der Waals surface area contributed by atoms with Crippen molar-refractivity contribution in [2.75, 3.05) is 6.54 Å². The predicted octanol–water partition coefficient (Wildman–Crippen LogP) is 1.34. The lowest BCUT2D eigenvalue weighted by molar-refractivity contribution is -0.0230. The van der Waals surface area contributed by atoms with Gasteiger partial charge in [0.05, 0.1) is 0 Å². The molecule has 1 aromatic rings. The number of hydrogen-bond donors (Lipinski definition) is 1. The molecule has 5 heteroatoms. The van der Waals surface area contributed by atoms with Crippen LogP contribution in [0.1, 0.15) is 19.2 Å². The predicted molar refractivity (Wildman–Crippen MR) is 45.5 cm³/mol. The van der Waals surface area contributed by atoms with Crippen LogP contribution < -0.4 is 5.73 Å². The topological polar surface area (TPSA) is 43.8 Å². The summed E-state index contributed by atoms with van der Waals surface area (Å²) >= 11 is 0. The van der Waals surface area contributed by atoms with Crippen molar-refractivity contribution in [2.24, 2.45) is 5.73 Å². The summed E-state index contributed by atoms with van der Waals surface area (Å²) in [5, 5.41) is 0. The standard InChI is InChI=1S/C8H13F2N3/c1-2-13-6-5-12-7(13)8(9,10)3-4-11/h5-6H,2-4,11H2,1H3. The smallest absolute Gasteiger partial charge is 0.306 e. The summed E-state index contributed by atoms with van der Waals surface area (Å²) in [6.07, 6.45) is 2.56. The lowest BCUT2D eigenvalue weighted by Crippen LogP contribution is -2.23. The number of nitrogens with two attached hydrogens (primary N) is 1. The Morgan fingerprint density at radius 2 is 2.31 bits per heavy atom. The van der Waals surface area contributed by atoms with E-state index in [-0.39, 0.29) is 18.8 Å². The zero-order valence-electron chi connectivity index (χ0n) is 7.50. The molecule has 0 atom stereocenters. The molecule has 2 N–H and O–H groups in total. The highest BCUT2D eigenvalue weighted by molar-refractivity contribution is 5.00. The van der Waals surface area contributed by atoms with E-state index in [1.54, 1.807) is 13.1 Å². The van der Waals surface area contributed by atoms with Crippen LogP contribution in [0.2, 0.25) is 0 Å². The van der Waals surface area contributed by atoms with E-state index < -0.39 is 5.92 Å². The van der Waals surface area contributed by atoms with Crippen molar-refractivity contribution in [1.82, 2.24) is 9.55 Å². The second kappa shape index (κ2) is 3.83. The summed E-state index contributed by atoms with van der Waals surface area (Å²) in [4.78, 5) is 3.63. The van der Waals surface area contributed by atoms with Crippen LogP contribution in [0.3, 0.4) is 0 Å². The first-order valence-corrected chi connectivity index (χ1v) is 4.21. The van der Waals surface area contributed by atoms with Crippen LogP contribution in [0.15, 0.2) is 12.4 Å². The zero-order valence-corrected chi connectivity index (χ0v) is 7.50. The number of halogens is 2. The van der Waals surface area contributed by atoms with Crippen LogP contribution in [0, 0.1) is 0 Å². The van der Waals surface area contributed by atoms with Crippen LogP contribution in [-0.2, 0) is 12.5 Å². The number of alkyl halides is 2. The molecule has 13 heavy (non-hydrogen) atoms. The molecule has 0 bridgehead atoms. The zero-order chi connectivity index (χ0) is 9.90. The molecule has 0 amide bonds. The summed E-state index contributed by atoms with van der Waals surface area (Å²) in [5.41, 5.74) is 5.10. The van der Waals surface area contributed by atoms with Crippen molar-refractivity contribution in [3.05, 3.63) is 18.2 Å². The van der Waals surface area contributed by atoms with Gasteiger partial charge in [-0.05, 0) is 13.5 Å². The molecule has 0 fully saturated rings. The fourth-order valence-electron chi connectivity index (χ4n) is 1.18. The van der Waals surface area contributed by atoms with Gasteiger partial charge in [0.15, 0.2) is 5.82 Å². The number of imidazole rings is 1. The Morgan fingerprint density at radius 3 is 2.85 bits per heavy atom. The molecule has 0 unspecified atom stereocenters. The minimum atomic E-state index is -2.91. The maximum Gasteiger partial charge on any atom is 0.306 e. The number of hydrogen-bond acceptors (Lipinski definition) is 2. The lowest BCUT2D eigenvalue weighted by Gasteiger charge is -2.15. The Bertz CT molecular complexity index is 270. The van der Waals surface area contributed by atoms with E-state index in [2.05, 4.69) is 4.98 Å². The Balaban J connectivity index is 2.91. The van der Waals surface area contributed by atoms with Gasteiger partial charge >= 0.3 is 5.92 Å². The van der Waals surface area contributed by atoms with E-state index in [1.807, 2.05) is 0 Å². The normalized spacial score (nSPS) is 12.0. The molecular formula is C8H13F2N3. The third-order valence-electron chi connectivity index (χ3n) is 1.84. The fourth-order valence-corrected chi connectivity index (χ4v) is 1.18. The second-order valence-electron chi connectivity index (χ2n) is 2.78. The molecule has 0 aromatic carbocycles. The third kappa shape index (κ3) is 2.03. The minimum Gasteiger partial charge on any atom is -0.330 e. The van der Waals surface area contributed by atoms with Gasteiger partial charge in [0.2, 0.25) is 0 Å². The molecule has 1 rings (SSSR count). The SMILES string of the molecule is CCn1ccnc1C(F)(F)CCN. The average Bonchev–Trinajstić information content (AvgIpc) is 2.51. The van der Waals surface area contributed by atoms with E-state index >= 15 is 0 Å². The van der Waals surface area contributed by atoms with Crippen molar-refractivity contribution in [3.8, 4) is 0 Å². The van der Waals surface area contributed by atoms with E-state index in [1.165, 1.54) is 10.8 Å². The van der Waals surface area contributed by atoms with Crippen molar-refractivity contribution < 1.29 is 8.78 Å². The van der Waals surface area contributed by atoms with E-state index in [0.717, 1.165) is 0 Å². The van der Waals surface area contributed by atoms with Crippen LogP contribution in [0.4, 0.5) is 8.78 Å². The summed E-state index contributed by atoms with van der Waals surface area (Å²) in [6, 6.07) is 0. The molecule has 3 nitrogen and oxygen atoms in total. The number of rotatable bonds is 4. The quantitative estimate of drug-likeness (QED) is 0.776. The highest BCUT2D eigenvalue weighted by Crippen LogP contribution is 2.29. The molecule has 0 spiro atoms. The summed E-state index contributed by atoms with van der Waals surface area (Å²) in [5.74, 6) is -3.10. The van der Waals surface area contributed by atoms with Gasteiger partial charge in [-0.25, -0.2) is 4.98 Å². The summed E-state index contributed by atoms with van der Waals surface area (Å²) in [7, 11) is 0. The van der Waals surface area contributed by atoms with Crippen LogP contribution >= 0.6 is 0 Å². The van der Waals surface area contributed by atoms with Crippen molar-refractivity contribution in [3.63, 3.8) is 0 Å². The summed E-state index contributed by atoms with van der Waals surface area (Å²) in [6.45, 7) is 2.25. The number of nitrogens with zero attached hydrogens (tertiary/aromatic N) is 2. The van der Waals surface area contributed by atoms with Crippen molar-refractivity contribution >= 4 is 0 Å². The van der Waals surface area contributed by atoms with Crippen LogP contribution in [0.25, 0.3) is 0 Å². The van der Waals surface area contributed by atoms with Crippen molar-refractivity contribution in [1.29, 1.82) is 0 Å². The molecule has 0 saturated heterocycles. The molecule has 0 saturated carbocycles. The second-order valence-corrected chi connectivity index (χ2v) is 2.78. The molecular weight excluding hydrogens is 176 g/mol. The highest BCUT2D eigenvalue weighted by Gasteiger charge is 2.34. The van der Waals surface area contributed by atoms with Gasteiger partial charge in [0, 0.05) is 25.4 Å². The van der Waals surface area contributed by atoms with Crippen LogP contribution in [-0.4, -0.2) is 16.1 Å². The number of aryl methyl sites for hydroxylation is 1. The number of aromatic nitrogens is 2. The lowest BCUT2D eigenvalue weighted by atomic mass is 10.2. The first kappa shape index (κ1) is 10.1. The first-order chi connectivity index (χ1) is 6.11. The molecule has 0 aliphatic heterocycles. The minimum absolute atomic E-state index is 0.0381.